The number of thiophene rings is 1. The van der Waals surface area contributed by atoms with Gasteiger partial charge in [-0.15, -0.1) is 11.3 Å². The van der Waals surface area contributed by atoms with Crippen molar-refractivity contribution in [1.29, 1.82) is 0 Å². The van der Waals surface area contributed by atoms with Crippen LogP contribution >= 0.6 is 11.3 Å². The van der Waals surface area contributed by atoms with Crippen LogP contribution in [-0.2, 0) is 11.2 Å². The molecule has 0 radical (unpaired) electrons. The second kappa shape index (κ2) is 4.93. The van der Waals surface area contributed by atoms with Gasteiger partial charge in [-0.1, -0.05) is 6.07 Å². The van der Waals surface area contributed by atoms with Gasteiger partial charge in [0.25, 0.3) is 0 Å². The van der Waals surface area contributed by atoms with Crippen LogP contribution in [0.2, 0.25) is 0 Å². The Bertz CT molecular complexity index is 387. The van der Waals surface area contributed by atoms with Gasteiger partial charge in [0.15, 0.2) is 0 Å². The first-order chi connectivity index (χ1) is 8.34. The van der Waals surface area contributed by atoms with Crippen LogP contribution < -0.4 is 11.3 Å². The lowest BCUT2D eigenvalue weighted by Gasteiger charge is -2.32. The lowest BCUT2D eigenvalue weighted by molar-refractivity contribution is -0.0776. The van der Waals surface area contributed by atoms with Crippen LogP contribution in [0.4, 0.5) is 0 Å². The van der Waals surface area contributed by atoms with Gasteiger partial charge in [-0.2, -0.15) is 0 Å². The van der Waals surface area contributed by atoms with Crippen LogP contribution in [0.5, 0.6) is 0 Å². The second-order valence-corrected chi connectivity index (χ2v) is 7.36. The van der Waals surface area contributed by atoms with E-state index in [1.54, 1.807) is 11.3 Å². The molecule has 4 heteroatoms. The fourth-order valence-electron chi connectivity index (χ4n) is 3.19. The molecule has 1 aromatic rings. The van der Waals surface area contributed by atoms with Crippen LogP contribution in [0.15, 0.2) is 17.5 Å². The number of hydrogen-bond donors (Lipinski definition) is 2. The van der Waals surface area contributed by atoms with Gasteiger partial charge in [-0.3, -0.25) is 11.3 Å². The van der Waals surface area contributed by atoms with E-state index in [4.69, 9.17) is 10.6 Å². The first-order valence-electron chi connectivity index (χ1n) is 6.53. The SMILES string of the molecule is CC1(C)CC(C(Cc2cccs2)NN)C(C)(C)O1. The largest absolute Gasteiger partial charge is 0.369 e. The van der Waals surface area contributed by atoms with Crippen molar-refractivity contribution in [3.05, 3.63) is 22.4 Å². The Hall–Kier alpha value is -0.420. The molecule has 2 rings (SSSR count). The molecule has 1 saturated heterocycles. The second-order valence-electron chi connectivity index (χ2n) is 6.33. The van der Waals surface area contributed by atoms with E-state index in [0.29, 0.717) is 5.92 Å². The summed E-state index contributed by atoms with van der Waals surface area (Å²) in [5.41, 5.74) is 2.82. The summed E-state index contributed by atoms with van der Waals surface area (Å²) in [5, 5.41) is 2.11. The maximum atomic E-state index is 6.16. The lowest BCUT2D eigenvalue weighted by atomic mass is 9.80. The van der Waals surface area contributed by atoms with Crippen LogP contribution in [0.1, 0.15) is 39.0 Å². The molecular formula is C14H24N2OS. The summed E-state index contributed by atoms with van der Waals surface area (Å²) in [6, 6.07) is 4.52. The van der Waals surface area contributed by atoms with Crippen LogP contribution in [0, 0.1) is 5.92 Å². The molecule has 18 heavy (non-hydrogen) atoms. The summed E-state index contributed by atoms with van der Waals surface area (Å²) in [5.74, 6) is 6.21. The van der Waals surface area contributed by atoms with Gasteiger partial charge in [0.1, 0.15) is 0 Å². The lowest BCUT2D eigenvalue weighted by Crippen LogP contribution is -2.48. The monoisotopic (exact) mass is 268 g/mol. The zero-order valence-corrected chi connectivity index (χ0v) is 12.5. The van der Waals surface area contributed by atoms with Crippen LogP contribution in [0.25, 0.3) is 0 Å². The zero-order valence-electron chi connectivity index (χ0n) is 11.7. The van der Waals surface area contributed by atoms with E-state index in [-0.39, 0.29) is 17.2 Å². The smallest absolute Gasteiger partial charge is 0.0678 e. The minimum Gasteiger partial charge on any atom is -0.369 e. The average molecular weight is 268 g/mol. The number of nitrogens with two attached hydrogens (primary N) is 1. The summed E-state index contributed by atoms with van der Waals surface area (Å²) in [6.07, 6.45) is 2.02. The third-order valence-corrected chi connectivity index (χ3v) is 4.74. The molecule has 0 bridgehead atoms. The number of nitrogens with one attached hydrogen (secondary N) is 1. The number of rotatable bonds is 4. The first-order valence-corrected chi connectivity index (χ1v) is 7.41. The Morgan fingerprint density at radius 2 is 2.22 bits per heavy atom. The highest BCUT2D eigenvalue weighted by Gasteiger charge is 2.48. The Morgan fingerprint density at radius 3 is 2.67 bits per heavy atom. The molecule has 1 fully saturated rings. The number of ether oxygens (including phenoxy) is 1. The Kier molecular flexibility index (Phi) is 3.83. The summed E-state index contributed by atoms with van der Waals surface area (Å²) in [7, 11) is 0. The first kappa shape index (κ1) is 14.0. The number of hydrogen-bond acceptors (Lipinski definition) is 4. The van der Waals surface area contributed by atoms with Crippen LogP contribution in [-0.4, -0.2) is 17.2 Å². The van der Waals surface area contributed by atoms with Crippen molar-refractivity contribution in [3.63, 3.8) is 0 Å². The fourth-order valence-corrected chi connectivity index (χ4v) is 3.96. The molecule has 1 aromatic heterocycles. The normalized spacial score (nSPS) is 27.3. The number of hydrazine groups is 1. The molecule has 1 aliphatic rings. The highest BCUT2D eigenvalue weighted by atomic mass is 32.1. The summed E-state index contributed by atoms with van der Waals surface area (Å²) in [6.45, 7) is 8.66. The Labute approximate surface area is 114 Å². The quantitative estimate of drug-likeness (QED) is 0.652. The van der Waals surface area contributed by atoms with Crippen molar-refractivity contribution in [3.8, 4) is 0 Å². The summed E-state index contributed by atoms with van der Waals surface area (Å²) < 4.78 is 6.16. The molecule has 0 aromatic carbocycles. The van der Waals surface area contributed by atoms with Gasteiger partial charge in [0.2, 0.25) is 0 Å². The standard InChI is InChI=1S/C14H24N2OS/c1-13(2)9-11(14(3,4)17-13)12(16-15)8-10-6-5-7-18-10/h5-7,11-12,16H,8-9,15H2,1-4H3. The maximum absolute atomic E-state index is 6.16. The molecule has 3 nitrogen and oxygen atoms in total. The van der Waals surface area contributed by atoms with E-state index in [0.717, 1.165) is 12.8 Å². The molecule has 0 spiro atoms. The highest BCUT2D eigenvalue weighted by molar-refractivity contribution is 7.09. The Balaban J connectivity index is 2.12. The molecule has 102 valence electrons. The summed E-state index contributed by atoms with van der Waals surface area (Å²) >= 11 is 1.79. The Morgan fingerprint density at radius 1 is 1.50 bits per heavy atom. The zero-order chi connectivity index (χ0) is 13.4. The summed E-state index contributed by atoms with van der Waals surface area (Å²) in [4.78, 5) is 1.37. The molecule has 2 heterocycles. The predicted molar refractivity (Wildman–Crippen MR) is 76.5 cm³/mol. The molecule has 0 amide bonds. The average Bonchev–Trinajstić information content (AvgIpc) is 2.80. The van der Waals surface area contributed by atoms with E-state index in [1.165, 1.54) is 4.88 Å². The van der Waals surface area contributed by atoms with E-state index >= 15 is 0 Å². The third-order valence-electron chi connectivity index (χ3n) is 3.84. The van der Waals surface area contributed by atoms with E-state index < -0.39 is 0 Å². The van der Waals surface area contributed by atoms with Gasteiger partial charge >= 0.3 is 0 Å². The van der Waals surface area contributed by atoms with Crippen molar-refractivity contribution in [2.75, 3.05) is 0 Å². The van der Waals surface area contributed by atoms with Crippen molar-refractivity contribution < 1.29 is 4.74 Å². The van der Waals surface area contributed by atoms with E-state index in [2.05, 4.69) is 50.6 Å². The molecule has 2 atom stereocenters. The van der Waals surface area contributed by atoms with E-state index in [9.17, 15) is 0 Å². The van der Waals surface area contributed by atoms with Gasteiger partial charge in [-0.25, -0.2) is 0 Å². The van der Waals surface area contributed by atoms with Crippen LogP contribution in [0.3, 0.4) is 0 Å². The predicted octanol–water partition coefficient (Wildman–Crippen LogP) is 2.72. The maximum Gasteiger partial charge on any atom is 0.0678 e. The van der Waals surface area contributed by atoms with Crippen molar-refractivity contribution in [2.24, 2.45) is 11.8 Å². The van der Waals surface area contributed by atoms with E-state index in [1.807, 2.05) is 0 Å². The molecular weight excluding hydrogens is 244 g/mol. The van der Waals surface area contributed by atoms with Crippen molar-refractivity contribution >= 4 is 11.3 Å². The fraction of sp³-hybridized carbons (Fsp3) is 0.714. The van der Waals surface area contributed by atoms with Gasteiger partial charge in [0, 0.05) is 16.8 Å². The van der Waals surface area contributed by atoms with Gasteiger partial charge < -0.3 is 4.74 Å². The third kappa shape index (κ3) is 2.94. The highest BCUT2D eigenvalue weighted by Crippen LogP contribution is 2.44. The molecule has 0 saturated carbocycles. The van der Waals surface area contributed by atoms with Crippen molar-refractivity contribution in [1.82, 2.24) is 5.43 Å². The molecule has 1 aliphatic heterocycles. The molecule has 0 aliphatic carbocycles. The van der Waals surface area contributed by atoms with Gasteiger partial charge in [-0.05, 0) is 52.0 Å². The van der Waals surface area contributed by atoms with Crippen molar-refractivity contribution in [2.45, 2.75) is 57.8 Å². The molecule has 3 N–H and O–H groups in total. The van der Waals surface area contributed by atoms with Gasteiger partial charge in [0.05, 0.1) is 11.2 Å². The minimum absolute atomic E-state index is 0.0568. The minimum atomic E-state index is -0.127. The molecule has 2 unspecified atom stereocenters. The topological polar surface area (TPSA) is 47.3 Å².